The molecule has 0 spiro atoms. The third-order valence-corrected chi connectivity index (χ3v) is 12.6. The minimum atomic E-state index is 0.636. The highest BCUT2D eigenvalue weighted by Crippen LogP contribution is 2.56. The highest BCUT2D eigenvalue weighted by atomic mass is 14.6. The van der Waals surface area contributed by atoms with Crippen molar-refractivity contribution in [3.63, 3.8) is 0 Å². The predicted molar refractivity (Wildman–Crippen MR) is 234 cm³/mol. The van der Waals surface area contributed by atoms with Gasteiger partial charge in [0.2, 0.25) is 0 Å². The van der Waals surface area contributed by atoms with E-state index in [9.17, 15) is 5.26 Å². The summed E-state index contributed by atoms with van der Waals surface area (Å²) in [7, 11) is 0. The zero-order valence-electron chi connectivity index (χ0n) is 30.8. The fourth-order valence-electron chi connectivity index (χ4n) is 10.1. The lowest BCUT2D eigenvalue weighted by Crippen LogP contribution is -1.94. The lowest BCUT2D eigenvalue weighted by Gasteiger charge is -2.20. The van der Waals surface area contributed by atoms with E-state index in [1.165, 1.54) is 98.5 Å². The smallest absolute Gasteiger partial charge is 0.187 e. The van der Waals surface area contributed by atoms with E-state index in [0.717, 1.165) is 33.2 Å². The maximum atomic E-state index is 10.1. The van der Waals surface area contributed by atoms with Crippen molar-refractivity contribution < 1.29 is 0 Å². The van der Waals surface area contributed by atoms with E-state index in [4.69, 9.17) is 6.57 Å². The molecule has 10 aromatic carbocycles. The van der Waals surface area contributed by atoms with Gasteiger partial charge in [-0.3, -0.25) is 0 Å². The number of rotatable bonds is 2. The first kappa shape index (κ1) is 30.9. The van der Waals surface area contributed by atoms with E-state index in [0.29, 0.717) is 11.3 Å². The van der Waals surface area contributed by atoms with Crippen LogP contribution in [0.1, 0.15) is 16.7 Å². The Morgan fingerprint density at radius 2 is 0.946 bits per heavy atom. The van der Waals surface area contributed by atoms with Crippen LogP contribution in [0.3, 0.4) is 0 Å². The molecule has 0 heterocycles. The van der Waals surface area contributed by atoms with Gasteiger partial charge in [-0.2, -0.15) is 5.26 Å². The van der Waals surface area contributed by atoms with E-state index < -0.39 is 0 Å². The first-order chi connectivity index (χ1) is 27.5. The summed E-state index contributed by atoms with van der Waals surface area (Å²) < 4.78 is 0. The van der Waals surface area contributed by atoms with E-state index in [1.807, 2.05) is 12.1 Å². The summed E-state index contributed by atoms with van der Waals surface area (Å²) in [6.45, 7) is 12.3. The van der Waals surface area contributed by atoms with Crippen molar-refractivity contribution in [2.75, 3.05) is 0 Å². The molecule has 0 N–H and O–H groups in total. The Balaban J connectivity index is 1.28. The van der Waals surface area contributed by atoms with Crippen LogP contribution in [0.5, 0.6) is 0 Å². The van der Waals surface area contributed by atoms with Crippen LogP contribution in [0, 0.1) is 31.8 Å². The summed E-state index contributed by atoms with van der Waals surface area (Å²) in [4.78, 5) is 3.89. The number of nitrogens with zero attached hydrogens (tertiary/aromatic N) is 2. The molecule has 0 fully saturated rings. The fraction of sp³-hybridized carbons (Fsp3) is 0.0370. The highest BCUT2D eigenvalue weighted by Gasteiger charge is 2.29. The molecule has 10 aromatic rings. The molecule has 0 amide bonds. The molecule has 0 aromatic heterocycles. The molecule has 0 saturated heterocycles. The van der Waals surface area contributed by atoms with Gasteiger partial charge in [-0.25, -0.2) is 4.85 Å². The molecule has 2 aliphatic rings. The van der Waals surface area contributed by atoms with Gasteiger partial charge in [0.25, 0.3) is 0 Å². The Morgan fingerprint density at radius 1 is 0.411 bits per heavy atom. The molecule has 0 unspecified atom stereocenters. The van der Waals surface area contributed by atoms with Crippen molar-refractivity contribution in [3.8, 4) is 72.8 Å². The van der Waals surface area contributed by atoms with Gasteiger partial charge in [0.05, 0.1) is 18.2 Å². The predicted octanol–water partition coefficient (Wildman–Crippen LogP) is 15.1. The molecule has 0 aliphatic heterocycles. The summed E-state index contributed by atoms with van der Waals surface area (Å²) in [6.07, 6.45) is 0. The van der Waals surface area contributed by atoms with Crippen molar-refractivity contribution in [3.05, 3.63) is 174 Å². The van der Waals surface area contributed by atoms with E-state index in [-0.39, 0.29) is 0 Å². The quantitative estimate of drug-likeness (QED) is 0.130. The Bertz CT molecular complexity index is 3560. The van der Waals surface area contributed by atoms with E-state index >= 15 is 0 Å². The lowest BCUT2D eigenvalue weighted by atomic mass is 9.83. The second-order valence-electron chi connectivity index (χ2n) is 15.5. The molecule has 0 saturated carbocycles. The SMILES string of the molecule is [C-]#[N+]c1ccc(C)c(-c2c3c(cc4c2ccc2c5cc6c(cc5c(-c5cc(C#N)ccc5C)cc42)-c2cccc4cccc-6c24)-c2cccc4cccc-3c24)c1. The van der Waals surface area contributed by atoms with Gasteiger partial charge in [0.1, 0.15) is 0 Å². The number of hydrogen-bond donors (Lipinski definition) is 0. The summed E-state index contributed by atoms with van der Waals surface area (Å²) in [5.41, 5.74) is 18.0. The van der Waals surface area contributed by atoms with Gasteiger partial charge < -0.3 is 0 Å². The molecular formula is C54H30N2. The van der Waals surface area contributed by atoms with Crippen LogP contribution in [0.4, 0.5) is 5.69 Å². The lowest BCUT2D eigenvalue weighted by molar-refractivity contribution is 1.43. The van der Waals surface area contributed by atoms with Gasteiger partial charge in [-0.1, -0.05) is 103 Å². The van der Waals surface area contributed by atoms with Crippen LogP contribution < -0.4 is 0 Å². The normalized spacial score (nSPS) is 12.1. The van der Waals surface area contributed by atoms with E-state index in [1.54, 1.807) is 0 Å². The van der Waals surface area contributed by atoms with Gasteiger partial charge in [0.15, 0.2) is 5.69 Å². The van der Waals surface area contributed by atoms with Crippen LogP contribution in [0.2, 0.25) is 0 Å². The number of hydrogen-bond acceptors (Lipinski definition) is 1. The minimum Gasteiger partial charge on any atom is -0.238 e. The number of nitriles is 1. The molecule has 0 radical (unpaired) electrons. The topological polar surface area (TPSA) is 28.1 Å². The van der Waals surface area contributed by atoms with Gasteiger partial charge in [-0.05, 0) is 188 Å². The average molecular weight is 707 g/mol. The van der Waals surface area contributed by atoms with E-state index in [2.05, 4.69) is 158 Å². The Hall–Kier alpha value is -7.52. The zero-order chi connectivity index (χ0) is 37.4. The highest BCUT2D eigenvalue weighted by molar-refractivity contribution is 6.30. The number of fused-ring (bicyclic) bond motifs is 11. The van der Waals surface area contributed by atoms with Crippen LogP contribution in [-0.2, 0) is 0 Å². The Morgan fingerprint density at radius 3 is 1.64 bits per heavy atom. The van der Waals surface area contributed by atoms with Crippen molar-refractivity contribution in [1.82, 2.24) is 0 Å². The maximum absolute atomic E-state index is 10.1. The van der Waals surface area contributed by atoms with Crippen LogP contribution in [0.15, 0.2) is 146 Å². The third kappa shape index (κ3) is 3.98. The molecule has 256 valence electrons. The monoisotopic (exact) mass is 706 g/mol. The second-order valence-corrected chi connectivity index (χ2v) is 15.5. The van der Waals surface area contributed by atoms with Gasteiger partial charge in [0, 0.05) is 0 Å². The zero-order valence-corrected chi connectivity index (χ0v) is 30.8. The average Bonchev–Trinajstić information content (AvgIpc) is 3.73. The first-order valence-corrected chi connectivity index (χ1v) is 19.1. The summed E-state index contributed by atoms with van der Waals surface area (Å²) >= 11 is 0. The second kappa shape index (κ2) is 11.0. The fourth-order valence-corrected chi connectivity index (χ4v) is 10.1. The standard InChI is InChI=1S/C54H30N2/c1-29-16-18-31(28-55)22-41(29)48-25-43-35(44-24-45-36-12-4-8-32-9-5-13-37(51(32)36)46(45)26-49(44)48)20-21-39-47(43)27-50-38-14-6-10-33-11-7-15-40(52(33)38)54(50)53(39)42-23-34(56-3)19-17-30(42)2/h4-27H,1-2H3. The summed E-state index contributed by atoms with van der Waals surface area (Å²) in [6, 6.07) is 55.4. The number of benzene rings is 10. The number of aryl methyl sites for hydroxylation is 2. The van der Waals surface area contributed by atoms with Crippen molar-refractivity contribution in [1.29, 1.82) is 5.26 Å². The minimum absolute atomic E-state index is 0.636. The van der Waals surface area contributed by atoms with Crippen molar-refractivity contribution in [2.45, 2.75) is 13.8 Å². The maximum Gasteiger partial charge on any atom is 0.187 e. The molecule has 0 bridgehead atoms. The molecule has 2 heteroatoms. The Kier molecular flexibility index (Phi) is 6.08. The third-order valence-electron chi connectivity index (χ3n) is 12.6. The molecule has 2 aliphatic carbocycles. The van der Waals surface area contributed by atoms with Crippen LogP contribution in [-0.4, -0.2) is 0 Å². The van der Waals surface area contributed by atoms with Crippen LogP contribution in [0.25, 0.3) is 125 Å². The molecular weight excluding hydrogens is 677 g/mol. The first-order valence-electron chi connectivity index (χ1n) is 19.1. The molecule has 2 nitrogen and oxygen atoms in total. The summed E-state index contributed by atoms with van der Waals surface area (Å²) in [5.74, 6) is 0. The van der Waals surface area contributed by atoms with Crippen molar-refractivity contribution >= 4 is 59.5 Å². The molecule has 56 heavy (non-hydrogen) atoms. The summed E-state index contributed by atoms with van der Waals surface area (Å²) in [5, 5.41) is 22.3. The van der Waals surface area contributed by atoms with Crippen molar-refractivity contribution in [2.24, 2.45) is 0 Å². The molecule has 12 rings (SSSR count). The Labute approximate surface area is 324 Å². The van der Waals surface area contributed by atoms with Gasteiger partial charge in [-0.15, -0.1) is 0 Å². The molecule has 0 atom stereocenters. The van der Waals surface area contributed by atoms with Gasteiger partial charge >= 0.3 is 0 Å². The largest absolute Gasteiger partial charge is 0.238 e. The van der Waals surface area contributed by atoms with Crippen LogP contribution >= 0.6 is 0 Å².